The number of carbonyl (C=O) groups excluding carboxylic acids is 2. The number of alkyl halides is 2. The van der Waals surface area contributed by atoms with Crippen molar-refractivity contribution < 1.29 is 33.4 Å². The van der Waals surface area contributed by atoms with Crippen LogP contribution in [-0.2, 0) is 14.4 Å². The molecule has 0 aromatic rings. The Labute approximate surface area is 178 Å². The van der Waals surface area contributed by atoms with Gasteiger partial charge in [-0.3, -0.25) is 14.4 Å². The van der Waals surface area contributed by atoms with Gasteiger partial charge >= 0.3 is 11.9 Å². The Morgan fingerprint density at radius 3 is 2.47 bits per heavy atom. The maximum atomic E-state index is 13.8. The number of hydrogen-bond donors (Lipinski definition) is 2. The lowest BCUT2D eigenvalue weighted by Crippen LogP contribution is -2.30. The Bertz CT molecular complexity index is 574. The van der Waals surface area contributed by atoms with Crippen LogP contribution in [0.5, 0.6) is 0 Å². The number of allylic oxidation sites excluding steroid dienone is 2. The van der Waals surface area contributed by atoms with Crippen LogP contribution in [0.1, 0.15) is 91.4 Å². The second-order valence-corrected chi connectivity index (χ2v) is 7.98. The van der Waals surface area contributed by atoms with Crippen molar-refractivity contribution in [3.63, 3.8) is 0 Å². The minimum Gasteiger partial charge on any atom is -0.481 e. The summed E-state index contributed by atoms with van der Waals surface area (Å²) in [5.41, 5.74) is 0. The SMILES string of the molecule is C.CCCCC(F)(F)C(=O)CC[C@H]1[C@H](O)CC(=O)[C@@H]1C/C=C\CCCCCC(=O)O. The van der Waals surface area contributed by atoms with Crippen LogP contribution in [0.3, 0.4) is 0 Å². The normalized spacial score (nSPS) is 21.7. The first kappa shape index (κ1) is 28.4. The summed E-state index contributed by atoms with van der Waals surface area (Å²) in [6.45, 7) is 1.79. The van der Waals surface area contributed by atoms with Crippen LogP contribution in [0.2, 0.25) is 0 Å². The van der Waals surface area contributed by atoms with Crippen molar-refractivity contribution in [3.8, 4) is 0 Å². The monoisotopic (exact) mass is 432 g/mol. The Kier molecular flexibility index (Phi) is 13.6. The van der Waals surface area contributed by atoms with Crippen LogP contribution in [0.15, 0.2) is 12.2 Å². The van der Waals surface area contributed by atoms with Crippen molar-refractivity contribution in [2.24, 2.45) is 11.8 Å². The number of ketones is 2. The Morgan fingerprint density at radius 1 is 1.13 bits per heavy atom. The fourth-order valence-electron chi connectivity index (χ4n) is 3.81. The maximum Gasteiger partial charge on any atom is 0.305 e. The smallest absolute Gasteiger partial charge is 0.305 e. The van der Waals surface area contributed by atoms with Crippen LogP contribution in [0.25, 0.3) is 0 Å². The van der Waals surface area contributed by atoms with Crippen molar-refractivity contribution in [1.82, 2.24) is 0 Å². The summed E-state index contributed by atoms with van der Waals surface area (Å²) in [5.74, 6) is -6.23. The fourth-order valence-corrected chi connectivity index (χ4v) is 3.81. The summed E-state index contributed by atoms with van der Waals surface area (Å²) < 4.78 is 27.7. The maximum absolute atomic E-state index is 13.8. The van der Waals surface area contributed by atoms with E-state index < -0.39 is 42.0 Å². The lowest BCUT2D eigenvalue weighted by molar-refractivity contribution is -0.144. The lowest BCUT2D eigenvalue weighted by atomic mass is 9.86. The lowest BCUT2D eigenvalue weighted by Gasteiger charge is -2.21. The third-order valence-electron chi connectivity index (χ3n) is 5.61. The van der Waals surface area contributed by atoms with Gasteiger partial charge in [0.15, 0.2) is 0 Å². The molecular formula is C23H38F2O5. The molecule has 0 bridgehead atoms. The van der Waals surface area contributed by atoms with Gasteiger partial charge in [-0.1, -0.05) is 39.3 Å². The molecule has 3 atom stereocenters. The fraction of sp³-hybridized carbons (Fsp3) is 0.783. The molecule has 0 unspecified atom stereocenters. The summed E-state index contributed by atoms with van der Waals surface area (Å²) in [5, 5.41) is 18.7. The van der Waals surface area contributed by atoms with E-state index >= 15 is 0 Å². The molecule has 0 spiro atoms. The summed E-state index contributed by atoms with van der Waals surface area (Å²) in [4.78, 5) is 34.5. The van der Waals surface area contributed by atoms with Crippen LogP contribution < -0.4 is 0 Å². The molecule has 1 saturated carbocycles. The molecule has 0 amide bonds. The summed E-state index contributed by atoms with van der Waals surface area (Å²) >= 11 is 0. The van der Waals surface area contributed by atoms with Crippen LogP contribution in [-0.4, -0.2) is 39.8 Å². The molecule has 1 rings (SSSR count). The highest BCUT2D eigenvalue weighted by atomic mass is 19.3. The molecule has 0 aromatic heterocycles. The number of aliphatic carboxylic acids is 1. The van der Waals surface area contributed by atoms with E-state index in [0.717, 1.165) is 19.3 Å². The van der Waals surface area contributed by atoms with Gasteiger partial charge in [-0.2, -0.15) is 8.78 Å². The highest BCUT2D eigenvalue weighted by Crippen LogP contribution is 2.36. The Balaban J connectivity index is 0.00000841. The van der Waals surface area contributed by atoms with E-state index in [1.807, 2.05) is 12.2 Å². The number of hydrogen-bond acceptors (Lipinski definition) is 4. The minimum absolute atomic E-state index is 0. The predicted molar refractivity (Wildman–Crippen MR) is 113 cm³/mol. The second-order valence-electron chi connectivity index (χ2n) is 7.98. The van der Waals surface area contributed by atoms with Gasteiger partial charge in [0.25, 0.3) is 0 Å². The summed E-state index contributed by atoms with van der Waals surface area (Å²) in [7, 11) is 0. The van der Waals surface area contributed by atoms with Crippen molar-refractivity contribution in [1.29, 1.82) is 0 Å². The second kappa shape index (κ2) is 14.4. The standard InChI is InChI=1S/C22H34F2O5.CH4/c1-2-3-14-22(23,24)20(27)13-12-17-16(18(25)15-19(17)26)10-8-6-4-5-7-9-11-21(28)29;/h6,8,16-17,19,26H,2-5,7,9-15H2,1H3,(H,28,29);1H4/b8-6-;/t16-,17-,19-;/m1./s1. The first-order valence-corrected chi connectivity index (χ1v) is 10.7. The molecule has 0 saturated heterocycles. The summed E-state index contributed by atoms with van der Waals surface area (Å²) in [6, 6.07) is 0. The van der Waals surface area contributed by atoms with Gasteiger partial charge in [-0.15, -0.1) is 0 Å². The van der Waals surface area contributed by atoms with Crippen molar-refractivity contribution in [2.45, 2.75) is 103 Å². The molecule has 0 aromatic carbocycles. The average Bonchev–Trinajstić information content (AvgIpc) is 2.92. The van der Waals surface area contributed by atoms with Gasteiger partial charge in [0.1, 0.15) is 5.78 Å². The number of carboxylic acids is 1. The first-order chi connectivity index (χ1) is 13.7. The highest BCUT2D eigenvalue weighted by molar-refractivity contribution is 5.86. The Morgan fingerprint density at radius 2 is 1.83 bits per heavy atom. The first-order valence-electron chi connectivity index (χ1n) is 10.7. The van der Waals surface area contributed by atoms with Gasteiger partial charge < -0.3 is 10.2 Å². The number of aliphatic hydroxyl groups is 1. The third kappa shape index (κ3) is 9.92. The van der Waals surface area contributed by atoms with Gasteiger partial charge in [0.2, 0.25) is 5.78 Å². The van der Waals surface area contributed by atoms with E-state index in [4.69, 9.17) is 5.11 Å². The minimum atomic E-state index is -3.33. The zero-order valence-corrected chi connectivity index (χ0v) is 17.2. The molecule has 0 heterocycles. The molecular weight excluding hydrogens is 394 g/mol. The number of carboxylic acid groups (broad SMARTS) is 1. The molecule has 1 fully saturated rings. The van der Waals surface area contributed by atoms with Crippen molar-refractivity contribution >= 4 is 17.5 Å². The molecule has 174 valence electrons. The van der Waals surface area contributed by atoms with Crippen LogP contribution >= 0.6 is 0 Å². The molecule has 5 nitrogen and oxygen atoms in total. The van der Waals surface area contributed by atoms with E-state index in [-0.39, 0.29) is 45.3 Å². The van der Waals surface area contributed by atoms with E-state index in [1.54, 1.807) is 6.92 Å². The quantitative estimate of drug-likeness (QED) is 0.269. The molecule has 30 heavy (non-hydrogen) atoms. The van der Waals surface area contributed by atoms with Gasteiger partial charge in [-0.05, 0) is 44.4 Å². The molecule has 0 aliphatic heterocycles. The number of rotatable bonds is 15. The number of unbranched alkanes of at least 4 members (excludes halogenated alkanes) is 4. The molecule has 7 heteroatoms. The van der Waals surface area contributed by atoms with Crippen molar-refractivity contribution in [2.75, 3.05) is 0 Å². The number of carbonyl (C=O) groups is 3. The van der Waals surface area contributed by atoms with Gasteiger partial charge in [0.05, 0.1) is 6.10 Å². The zero-order chi connectivity index (χ0) is 21.9. The summed E-state index contributed by atoms with van der Waals surface area (Å²) in [6.07, 6.45) is 6.79. The van der Waals surface area contributed by atoms with E-state index in [2.05, 4.69) is 0 Å². The van der Waals surface area contributed by atoms with Crippen LogP contribution in [0, 0.1) is 11.8 Å². The zero-order valence-electron chi connectivity index (χ0n) is 17.2. The highest BCUT2D eigenvalue weighted by Gasteiger charge is 2.43. The van der Waals surface area contributed by atoms with E-state index in [9.17, 15) is 28.3 Å². The number of halogens is 2. The van der Waals surface area contributed by atoms with Gasteiger partial charge in [0, 0.05) is 31.6 Å². The molecule has 1 aliphatic rings. The molecule has 1 aliphatic carbocycles. The van der Waals surface area contributed by atoms with Gasteiger partial charge in [-0.25, -0.2) is 0 Å². The van der Waals surface area contributed by atoms with E-state index in [1.165, 1.54) is 0 Å². The molecule has 0 radical (unpaired) electrons. The topological polar surface area (TPSA) is 91.7 Å². The third-order valence-corrected chi connectivity index (χ3v) is 5.61. The number of Topliss-reactive ketones (excluding diaryl/α,β-unsaturated/α-hetero) is 2. The predicted octanol–water partition coefficient (Wildman–Crippen LogP) is 5.34. The Hall–Kier alpha value is -1.63. The van der Waals surface area contributed by atoms with Crippen molar-refractivity contribution in [3.05, 3.63) is 12.2 Å². The average molecular weight is 433 g/mol. The number of aliphatic hydroxyl groups excluding tert-OH is 1. The van der Waals surface area contributed by atoms with E-state index in [0.29, 0.717) is 19.3 Å². The van der Waals surface area contributed by atoms with Crippen LogP contribution in [0.4, 0.5) is 8.78 Å². The molecule has 2 N–H and O–H groups in total. The largest absolute Gasteiger partial charge is 0.481 e.